The van der Waals surface area contributed by atoms with Crippen LogP contribution in [0.3, 0.4) is 0 Å². The summed E-state index contributed by atoms with van der Waals surface area (Å²) in [6.07, 6.45) is -8.89. The highest BCUT2D eigenvalue weighted by atomic mass is 19.4. The predicted molar refractivity (Wildman–Crippen MR) is 126 cm³/mol. The molecular weight excluding hydrogens is 494 g/mol. The summed E-state index contributed by atoms with van der Waals surface area (Å²) in [5, 5.41) is 8.28. The quantitative estimate of drug-likeness (QED) is 0.227. The molecule has 0 fully saturated rings. The molecule has 4 aromatic carbocycles. The molecule has 1 aromatic heterocycles. The summed E-state index contributed by atoms with van der Waals surface area (Å²) in [7, 11) is 0. The van der Waals surface area contributed by atoms with Gasteiger partial charge in [0, 0.05) is 11.1 Å². The van der Waals surface area contributed by atoms with E-state index in [9.17, 15) is 26.3 Å². The van der Waals surface area contributed by atoms with Crippen molar-refractivity contribution in [2.45, 2.75) is 12.4 Å². The van der Waals surface area contributed by atoms with E-state index in [1.807, 2.05) is 0 Å². The smallest absolute Gasteiger partial charge is 0.416 e. The summed E-state index contributed by atoms with van der Waals surface area (Å²) in [4.78, 5) is 0. The van der Waals surface area contributed by atoms with Crippen LogP contribution in [0.1, 0.15) is 11.1 Å². The minimum absolute atomic E-state index is 0.146. The van der Waals surface area contributed by atoms with Crippen molar-refractivity contribution < 1.29 is 30.8 Å². The first-order valence-corrected chi connectivity index (χ1v) is 11.0. The maximum Gasteiger partial charge on any atom is 0.416 e. The van der Waals surface area contributed by atoms with Crippen LogP contribution in [0.4, 0.5) is 26.3 Å². The second-order valence-electron chi connectivity index (χ2n) is 8.15. The first-order chi connectivity index (χ1) is 17.6. The molecule has 37 heavy (non-hydrogen) atoms. The molecule has 0 aliphatic rings. The van der Waals surface area contributed by atoms with Crippen molar-refractivity contribution in [3.63, 3.8) is 0 Å². The molecule has 0 spiro atoms. The molecule has 0 saturated heterocycles. The van der Waals surface area contributed by atoms with E-state index in [1.54, 1.807) is 48.5 Å². The minimum Gasteiger partial charge on any atom is -0.416 e. The van der Waals surface area contributed by atoms with E-state index in [2.05, 4.69) is 10.2 Å². The molecule has 0 N–H and O–H groups in total. The Labute approximate surface area is 207 Å². The highest BCUT2D eigenvalue weighted by Gasteiger charge is 2.31. The Morgan fingerprint density at radius 3 is 1.08 bits per heavy atom. The van der Waals surface area contributed by atoms with Crippen LogP contribution in [0.25, 0.3) is 45.2 Å². The molecule has 0 atom stereocenters. The average molecular weight is 510 g/mol. The van der Waals surface area contributed by atoms with Gasteiger partial charge in [0.2, 0.25) is 11.8 Å². The lowest BCUT2D eigenvalue weighted by atomic mass is 9.98. The number of aromatic nitrogens is 2. The highest BCUT2D eigenvalue weighted by Crippen LogP contribution is 2.38. The Balaban J connectivity index is 1.51. The molecule has 0 aliphatic carbocycles. The highest BCUT2D eigenvalue weighted by molar-refractivity contribution is 5.82. The molecule has 1 heterocycles. The van der Waals surface area contributed by atoms with Gasteiger partial charge in [-0.25, -0.2) is 0 Å². The second-order valence-corrected chi connectivity index (χ2v) is 8.15. The number of hydrogen-bond acceptors (Lipinski definition) is 3. The number of nitrogens with zero attached hydrogens (tertiary/aromatic N) is 2. The van der Waals surface area contributed by atoms with Gasteiger partial charge in [0.15, 0.2) is 0 Å². The van der Waals surface area contributed by atoms with E-state index >= 15 is 0 Å². The van der Waals surface area contributed by atoms with Crippen LogP contribution in [0.15, 0.2) is 101 Å². The maximum atomic E-state index is 13.0. The lowest BCUT2D eigenvalue weighted by Gasteiger charge is -2.10. The van der Waals surface area contributed by atoms with Crippen molar-refractivity contribution in [1.29, 1.82) is 0 Å². The van der Waals surface area contributed by atoms with Crippen LogP contribution in [0, 0.1) is 0 Å². The van der Waals surface area contributed by atoms with Gasteiger partial charge in [0.1, 0.15) is 0 Å². The average Bonchev–Trinajstić information content (AvgIpc) is 3.38. The topological polar surface area (TPSA) is 38.9 Å². The van der Waals surface area contributed by atoms with Gasteiger partial charge in [-0.05, 0) is 58.7 Å². The molecule has 0 unspecified atom stereocenters. The van der Waals surface area contributed by atoms with Crippen LogP contribution in [0.5, 0.6) is 0 Å². The number of halogens is 6. The molecule has 0 bridgehead atoms. The standard InChI is InChI=1S/C28H16F6N2O/c29-27(30,31)19-13-9-17(10-14-19)21-5-1-3-7-23(21)25-35-36-26(37-25)24-8-4-2-6-22(24)18-11-15-20(16-12-18)28(32,33)34/h1-16H. The van der Waals surface area contributed by atoms with E-state index in [1.165, 1.54) is 24.3 Å². The molecule has 9 heteroatoms. The van der Waals surface area contributed by atoms with Crippen molar-refractivity contribution in [3.05, 3.63) is 108 Å². The van der Waals surface area contributed by atoms with Crippen LogP contribution in [-0.4, -0.2) is 10.2 Å². The monoisotopic (exact) mass is 510 g/mol. The van der Waals surface area contributed by atoms with E-state index in [0.717, 1.165) is 24.3 Å². The van der Waals surface area contributed by atoms with Gasteiger partial charge >= 0.3 is 12.4 Å². The summed E-state index contributed by atoms with van der Waals surface area (Å²) in [5.41, 5.74) is 1.80. The fourth-order valence-corrected chi connectivity index (χ4v) is 3.96. The molecule has 5 aromatic rings. The molecule has 186 valence electrons. The third kappa shape index (κ3) is 4.97. The molecule has 0 aliphatic heterocycles. The lowest BCUT2D eigenvalue weighted by molar-refractivity contribution is -0.138. The van der Waals surface area contributed by atoms with Gasteiger partial charge in [0.05, 0.1) is 11.1 Å². The summed E-state index contributed by atoms with van der Waals surface area (Å²) >= 11 is 0. The maximum absolute atomic E-state index is 13.0. The fourth-order valence-electron chi connectivity index (χ4n) is 3.96. The van der Waals surface area contributed by atoms with Crippen LogP contribution < -0.4 is 0 Å². The molecule has 0 radical (unpaired) electrons. The second kappa shape index (κ2) is 9.24. The largest absolute Gasteiger partial charge is 0.416 e. The van der Waals surface area contributed by atoms with Gasteiger partial charge in [-0.15, -0.1) is 10.2 Å². The molecule has 0 saturated carbocycles. The Bertz CT molecular complexity index is 1420. The van der Waals surface area contributed by atoms with Crippen molar-refractivity contribution in [2.75, 3.05) is 0 Å². The van der Waals surface area contributed by atoms with Crippen LogP contribution in [-0.2, 0) is 12.4 Å². The Hall–Kier alpha value is -4.40. The Kier molecular flexibility index (Phi) is 6.07. The third-order valence-corrected chi connectivity index (χ3v) is 5.79. The van der Waals surface area contributed by atoms with Crippen molar-refractivity contribution >= 4 is 0 Å². The normalized spacial score (nSPS) is 12.1. The molecular formula is C28H16F6N2O. The zero-order chi connectivity index (χ0) is 26.2. The van der Waals surface area contributed by atoms with Crippen molar-refractivity contribution in [1.82, 2.24) is 10.2 Å². The zero-order valence-corrected chi connectivity index (χ0v) is 18.8. The first kappa shape index (κ1) is 24.3. The van der Waals surface area contributed by atoms with Crippen molar-refractivity contribution in [3.8, 4) is 45.2 Å². The lowest BCUT2D eigenvalue weighted by Crippen LogP contribution is -2.04. The van der Waals surface area contributed by atoms with E-state index in [0.29, 0.717) is 33.4 Å². The first-order valence-electron chi connectivity index (χ1n) is 11.0. The van der Waals surface area contributed by atoms with E-state index < -0.39 is 23.5 Å². The number of rotatable bonds is 4. The summed E-state index contributed by atoms with van der Waals surface area (Å²) in [6.45, 7) is 0. The van der Waals surface area contributed by atoms with Gasteiger partial charge in [-0.3, -0.25) is 0 Å². The Morgan fingerprint density at radius 2 is 0.757 bits per heavy atom. The fraction of sp³-hybridized carbons (Fsp3) is 0.0714. The zero-order valence-electron chi connectivity index (χ0n) is 18.8. The Morgan fingerprint density at radius 1 is 0.432 bits per heavy atom. The van der Waals surface area contributed by atoms with Crippen LogP contribution in [0.2, 0.25) is 0 Å². The summed E-state index contributed by atoms with van der Waals surface area (Å²) < 4.78 is 83.8. The number of benzene rings is 4. The SMILES string of the molecule is FC(F)(F)c1ccc(-c2ccccc2-c2nnc(-c3ccccc3-c3ccc(C(F)(F)F)cc3)o2)cc1. The van der Waals surface area contributed by atoms with Gasteiger partial charge in [0.25, 0.3) is 0 Å². The van der Waals surface area contributed by atoms with Crippen molar-refractivity contribution in [2.24, 2.45) is 0 Å². The molecule has 5 rings (SSSR count). The minimum atomic E-state index is -4.44. The number of alkyl halides is 6. The van der Waals surface area contributed by atoms with Gasteiger partial charge in [-0.1, -0.05) is 60.7 Å². The summed E-state index contributed by atoms with van der Waals surface area (Å²) in [6, 6.07) is 23.4. The molecule has 0 amide bonds. The van der Waals surface area contributed by atoms with E-state index in [-0.39, 0.29) is 11.8 Å². The van der Waals surface area contributed by atoms with E-state index in [4.69, 9.17) is 4.42 Å². The molecule has 3 nitrogen and oxygen atoms in total. The van der Waals surface area contributed by atoms with Gasteiger partial charge < -0.3 is 4.42 Å². The predicted octanol–water partition coefficient (Wildman–Crippen LogP) is 8.78. The number of hydrogen-bond donors (Lipinski definition) is 0. The summed E-state index contributed by atoms with van der Waals surface area (Å²) in [5.74, 6) is 0.292. The third-order valence-electron chi connectivity index (χ3n) is 5.79. The van der Waals surface area contributed by atoms with Crippen LogP contribution >= 0.6 is 0 Å². The van der Waals surface area contributed by atoms with Gasteiger partial charge in [-0.2, -0.15) is 26.3 Å².